The number of aliphatic hydroxyl groups excluding tert-OH is 1. The number of nitrogens with zero attached hydrogens (tertiary/aromatic N) is 1. The second-order valence-corrected chi connectivity index (χ2v) is 7.96. The van der Waals surface area contributed by atoms with E-state index in [4.69, 9.17) is 10.8 Å². The number of nitrogens with two attached hydrogens (primary N) is 1. The fourth-order valence-electron chi connectivity index (χ4n) is 3.48. The average Bonchev–Trinajstić information content (AvgIpc) is 3.22. The normalized spacial score (nSPS) is 19.5. The number of aliphatic carboxylic acids is 1. The van der Waals surface area contributed by atoms with Gasteiger partial charge in [0.15, 0.2) is 0 Å². The van der Waals surface area contributed by atoms with E-state index in [2.05, 4.69) is 10.6 Å². The van der Waals surface area contributed by atoms with Gasteiger partial charge in [-0.05, 0) is 50.8 Å². The molecule has 176 valence electrons. The molecule has 0 aromatic heterocycles. The van der Waals surface area contributed by atoms with Crippen molar-refractivity contribution >= 4 is 23.7 Å². The number of carboxylic acid groups (broad SMARTS) is 1. The number of rotatable bonds is 9. The van der Waals surface area contributed by atoms with E-state index in [1.165, 1.54) is 30.9 Å². The molecule has 2 rings (SSSR count). The van der Waals surface area contributed by atoms with Crippen LogP contribution in [0.25, 0.3) is 0 Å². The molecule has 0 saturated carbocycles. The van der Waals surface area contributed by atoms with Gasteiger partial charge in [0, 0.05) is 6.54 Å². The summed E-state index contributed by atoms with van der Waals surface area (Å²) in [4.78, 5) is 50.3. The monoisotopic (exact) mass is 450 g/mol. The fraction of sp³-hybridized carbons (Fsp3) is 0.524. The van der Waals surface area contributed by atoms with E-state index in [0.29, 0.717) is 18.4 Å². The van der Waals surface area contributed by atoms with Crippen LogP contribution in [0.2, 0.25) is 0 Å². The lowest BCUT2D eigenvalue weighted by Crippen LogP contribution is -2.59. The molecule has 0 bridgehead atoms. The Hall–Kier alpha value is -3.18. The smallest absolute Gasteiger partial charge is 0.325 e. The number of hydrogen-bond acceptors (Lipinski definition) is 7. The zero-order valence-electron chi connectivity index (χ0n) is 18.0. The number of carbonyl (C=O) groups excluding carboxylic acids is 3. The Morgan fingerprint density at radius 2 is 1.78 bits per heavy atom. The van der Waals surface area contributed by atoms with Gasteiger partial charge in [-0.2, -0.15) is 0 Å². The van der Waals surface area contributed by atoms with Gasteiger partial charge in [-0.25, -0.2) is 0 Å². The van der Waals surface area contributed by atoms with Gasteiger partial charge in [0.05, 0.1) is 12.1 Å². The zero-order chi connectivity index (χ0) is 24.0. The molecular weight excluding hydrogens is 420 g/mol. The first kappa shape index (κ1) is 25.1. The van der Waals surface area contributed by atoms with Gasteiger partial charge >= 0.3 is 5.97 Å². The number of amides is 3. The molecule has 0 aliphatic carbocycles. The third-order valence-corrected chi connectivity index (χ3v) is 5.34. The van der Waals surface area contributed by atoms with Gasteiger partial charge in [-0.15, -0.1) is 0 Å². The molecule has 5 unspecified atom stereocenters. The Kier molecular flexibility index (Phi) is 8.56. The number of carboxylic acids is 1. The maximum absolute atomic E-state index is 13.1. The molecule has 1 fully saturated rings. The Bertz CT molecular complexity index is 843. The summed E-state index contributed by atoms with van der Waals surface area (Å²) in [7, 11) is 0. The van der Waals surface area contributed by atoms with E-state index >= 15 is 0 Å². The lowest BCUT2D eigenvalue weighted by Gasteiger charge is -2.30. The van der Waals surface area contributed by atoms with Crippen LogP contribution in [0.4, 0.5) is 0 Å². The Balaban J connectivity index is 2.05. The minimum absolute atomic E-state index is 0.0773. The third kappa shape index (κ3) is 6.41. The Morgan fingerprint density at radius 3 is 2.34 bits per heavy atom. The van der Waals surface area contributed by atoms with Crippen molar-refractivity contribution < 1.29 is 34.5 Å². The van der Waals surface area contributed by atoms with Crippen LogP contribution in [0.1, 0.15) is 32.3 Å². The number of phenols is 1. The molecule has 0 radical (unpaired) electrons. The average molecular weight is 450 g/mol. The van der Waals surface area contributed by atoms with Gasteiger partial charge in [-0.1, -0.05) is 12.1 Å². The number of likely N-dealkylation sites (tertiary alicyclic amines) is 1. The van der Waals surface area contributed by atoms with E-state index in [-0.39, 0.29) is 18.7 Å². The van der Waals surface area contributed by atoms with Crippen molar-refractivity contribution in [2.45, 2.75) is 63.4 Å². The maximum Gasteiger partial charge on any atom is 0.325 e. The number of aromatic hydroxyl groups is 1. The number of carbonyl (C=O) groups is 4. The van der Waals surface area contributed by atoms with Crippen molar-refractivity contribution in [3.63, 3.8) is 0 Å². The molecule has 1 aromatic rings. The Labute approximate surface area is 185 Å². The second-order valence-electron chi connectivity index (χ2n) is 7.96. The maximum atomic E-state index is 13.1. The third-order valence-electron chi connectivity index (χ3n) is 5.34. The highest BCUT2D eigenvalue weighted by molar-refractivity contribution is 5.94. The van der Waals surface area contributed by atoms with Crippen molar-refractivity contribution in [3.8, 4) is 5.75 Å². The summed E-state index contributed by atoms with van der Waals surface area (Å²) < 4.78 is 0. The van der Waals surface area contributed by atoms with Crippen LogP contribution in [0, 0.1) is 0 Å². The molecule has 5 atom stereocenters. The standard InChI is InChI=1S/C21H30N4O7/c1-11(21(31)32)23-19(29)16-4-3-9-25(16)20(30)17(12(2)26)24-18(28)15(22)10-13-5-7-14(27)8-6-13/h5-8,11-12,15-17,26-27H,3-4,9-10,22H2,1-2H3,(H,23,29)(H,24,28)(H,31,32). The van der Waals surface area contributed by atoms with Crippen molar-refractivity contribution in [3.05, 3.63) is 29.8 Å². The molecular formula is C21H30N4O7. The zero-order valence-corrected chi connectivity index (χ0v) is 18.0. The molecule has 32 heavy (non-hydrogen) atoms. The number of benzene rings is 1. The van der Waals surface area contributed by atoms with Gasteiger partial charge in [-0.3, -0.25) is 19.2 Å². The highest BCUT2D eigenvalue weighted by Gasteiger charge is 2.40. The quantitative estimate of drug-likeness (QED) is 0.268. The fourth-order valence-corrected chi connectivity index (χ4v) is 3.48. The SMILES string of the molecule is CC(NC(=O)C1CCCN1C(=O)C(NC(=O)C(N)Cc1ccc(O)cc1)C(C)O)C(=O)O. The molecule has 1 aliphatic rings. The molecule has 1 aliphatic heterocycles. The largest absolute Gasteiger partial charge is 0.508 e. The summed E-state index contributed by atoms with van der Waals surface area (Å²) in [6, 6.07) is 1.81. The van der Waals surface area contributed by atoms with Crippen LogP contribution in [-0.2, 0) is 25.6 Å². The van der Waals surface area contributed by atoms with Gasteiger partial charge in [0.25, 0.3) is 0 Å². The van der Waals surface area contributed by atoms with Crippen LogP contribution in [0.15, 0.2) is 24.3 Å². The summed E-state index contributed by atoms with van der Waals surface area (Å²) in [6.07, 6.45) is -0.250. The first-order valence-electron chi connectivity index (χ1n) is 10.4. The molecule has 1 aromatic carbocycles. The summed E-state index contributed by atoms with van der Waals surface area (Å²) >= 11 is 0. The highest BCUT2D eigenvalue weighted by Crippen LogP contribution is 2.20. The molecule has 0 spiro atoms. The van der Waals surface area contributed by atoms with Crippen molar-refractivity contribution in [2.24, 2.45) is 5.73 Å². The second kappa shape index (κ2) is 10.9. The molecule has 1 saturated heterocycles. The van der Waals surface area contributed by atoms with E-state index in [1.807, 2.05) is 0 Å². The lowest BCUT2D eigenvalue weighted by atomic mass is 10.0. The molecule has 1 heterocycles. The lowest BCUT2D eigenvalue weighted by molar-refractivity contribution is -0.145. The van der Waals surface area contributed by atoms with E-state index in [1.54, 1.807) is 12.1 Å². The minimum Gasteiger partial charge on any atom is -0.508 e. The van der Waals surface area contributed by atoms with Crippen molar-refractivity contribution in [2.75, 3.05) is 6.54 Å². The highest BCUT2D eigenvalue weighted by atomic mass is 16.4. The van der Waals surface area contributed by atoms with E-state index in [0.717, 1.165) is 0 Å². The summed E-state index contributed by atoms with van der Waals surface area (Å²) in [5.41, 5.74) is 6.65. The number of nitrogens with one attached hydrogen (secondary N) is 2. The summed E-state index contributed by atoms with van der Waals surface area (Å²) in [6.45, 7) is 2.89. The van der Waals surface area contributed by atoms with Crippen LogP contribution >= 0.6 is 0 Å². The van der Waals surface area contributed by atoms with E-state index < -0.39 is 54.0 Å². The first-order chi connectivity index (χ1) is 15.0. The van der Waals surface area contributed by atoms with Gasteiger partial charge in [0.1, 0.15) is 23.9 Å². The Morgan fingerprint density at radius 1 is 1.16 bits per heavy atom. The van der Waals surface area contributed by atoms with Crippen molar-refractivity contribution in [1.29, 1.82) is 0 Å². The van der Waals surface area contributed by atoms with Crippen LogP contribution in [-0.4, -0.2) is 80.7 Å². The van der Waals surface area contributed by atoms with Crippen LogP contribution in [0.5, 0.6) is 5.75 Å². The van der Waals surface area contributed by atoms with Gasteiger partial charge < -0.3 is 36.6 Å². The molecule has 7 N–H and O–H groups in total. The number of aliphatic hydroxyl groups is 1. The minimum atomic E-state index is -1.32. The van der Waals surface area contributed by atoms with Gasteiger partial charge in [0.2, 0.25) is 17.7 Å². The summed E-state index contributed by atoms with van der Waals surface area (Å²) in [5, 5.41) is 33.3. The molecule has 3 amide bonds. The predicted octanol–water partition coefficient (Wildman–Crippen LogP) is -1.29. The first-order valence-corrected chi connectivity index (χ1v) is 10.4. The van der Waals surface area contributed by atoms with E-state index in [9.17, 15) is 29.4 Å². The van der Waals surface area contributed by atoms with Crippen molar-refractivity contribution in [1.82, 2.24) is 15.5 Å². The molecule has 11 nitrogen and oxygen atoms in total. The van der Waals surface area contributed by atoms with Crippen LogP contribution < -0.4 is 16.4 Å². The molecule has 11 heteroatoms. The number of hydrogen-bond donors (Lipinski definition) is 6. The summed E-state index contributed by atoms with van der Waals surface area (Å²) in [5.74, 6) is -3.03. The van der Waals surface area contributed by atoms with Crippen LogP contribution in [0.3, 0.4) is 0 Å². The predicted molar refractivity (Wildman–Crippen MR) is 113 cm³/mol. The topological polar surface area (TPSA) is 182 Å². The number of phenolic OH excluding ortho intramolecular Hbond substituents is 1.